The number of carbonyl (C=O) groups is 2. The fourth-order valence-electron chi connectivity index (χ4n) is 4.99. The number of rotatable bonds is 7. The molecular weight excluding hydrogens is 548 g/mol. The lowest BCUT2D eigenvalue weighted by Gasteiger charge is -2.31. The Bertz CT molecular complexity index is 1480. The van der Waals surface area contributed by atoms with Crippen LogP contribution in [-0.4, -0.2) is 76.0 Å². The molecule has 2 amide bonds. The lowest BCUT2D eigenvalue weighted by molar-refractivity contribution is 0.0302. The van der Waals surface area contributed by atoms with Gasteiger partial charge >= 0.3 is 0 Å². The van der Waals surface area contributed by atoms with Crippen LogP contribution in [0.15, 0.2) is 59.5 Å². The van der Waals surface area contributed by atoms with Gasteiger partial charge in [0.2, 0.25) is 0 Å². The third kappa shape index (κ3) is 5.64. The van der Waals surface area contributed by atoms with Crippen LogP contribution in [0.4, 0.5) is 10.7 Å². The third-order valence-electron chi connectivity index (χ3n) is 7.45. The third-order valence-corrected chi connectivity index (χ3v) is 10.4. The number of amides is 2. The number of hydrogen-bond acceptors (Lipinski definition) is 7. The highest BCUT2D eigenvalue weighted by atomic mass is 32.2. The monoisotopic (exact) mass is 582 g/mol. The number of sulfonamides is 1. The van der Waals surface area contributed by atoms with Crippen LogP contribution in [0.2, 0.25) is 0 Å². The van der Waals surface area contributed by atoms with Crippen LogP contribution >= 0.6 is 11.3 Å². The van der Waals surface area contributed by atoms with E-state index in [0.717, 1.165) is 30.0 Å². The largest absolute Gasteiger partial charge is 0.378 e. The molecule has 2 aromatic carbocycles. The Morgan fingerprint density at radius 2 is 1.68 bits per heavy atom. The van der Waals surface area contributed by atoms with E-state index >= 15 is 0 Å². The van der Waals surface area contributed by atoms with Crippen LogP contribution in [-0.2, 0) is 27.7 Å². The van der Waals surface area contributed by atoms with E-state index in [2.05, 4.69) is 24.1 Å². The van der Waals surface area contributed by atoms with Crippen molar-refractivity contribution < 1.29 is 22.7 Å². The Hall–Kier alpha value is -3.25. The molecule has 1 N–H and O–H groups in total. The number of para-hydroxylation sites is 1. The van der Waals surface area contributed by atoms with E-state index in [1.54, 1.807) is 29.2 Å². The molecular formula is C29H34N4O5S2. The maximum absolute atomic E-state index is 13.7. The van der Waals surface area contributed by atoms with Crippen LogP contribution in [0.5, 0.6) is 0 Å². The van der Waals surface area contributed by atoms with Crippen molar-refractivity contribution >= 4 is 43.9 Å². The maximum atomic E-state index is 13.7. The quantitative estimate of drug-likeness (QED) is 0.451. The van der Waals surface area contributed by atoms with E-state index in [9.17, 15) is 18.0 Å². The zero-order valence-corrected chi connectivity index (χ0v) is 24.6. The Morgan fingerprint density at radius 1 is 1.00 bits per heavy atom. The molecule has 0 aliphatic carbocycles. The molecule has 212 valence electrons. The number of thiophene rings is 1. The number of fused-ring (bicyclic) bond motifs is 1. The minimum absolute atomic E-state index is 0.0824. The molecule has 0 atom stereocenters. The normalized spacial score (nSPS) is 16.1. The lowest BCUT2D eigenvalue weighted by Crippen LogP contribution is -2.41. The summed E-state index contributed by atoms with van der Waals surface area (Å²) in [5, 5.41) is 3.52. The highest BCUT2D eigenvalue weighted by Gasteiger charge is 2.32. The molecule has 3 heterocycles. The van der Waals surface area contributed by atoms with Crippen molar-refractivity contribution in [3.63, 3.8) is 0 Å². The predicted molar refractivity (Wildman–Crippen MR) is 157 cm³/mol. The molecule has 1 aromatic heterocycles. The van der Waals surface area contributed by atoms with E-state index in [1.807, 2.05) is 6.07 Å². The lowest BCUT2D eigenvalue weighted by atomic mass is 10.0. The Kier molecular flexibility index (Phi) is 8.27. The van der Waals surface area contributed by atoms with Gasteiger partial charge < -0.3 is 15.0 Å². The van der Waals surface area contributed by atoms with Gasteiger partial charge in [-0.2, -0.15) is 0 Å². The molecule has 2 aliphatic heterocycles. The summed E-state index contributed by atoms with van der Waals surface area (Å²) in [5.41, 5.74) is 2.43. The number of anilines is 2. The molecule has 1 fully saturated rings. The number of morpholine rings is 1. The number of hydrogen-bond donors (Lipinski definition) is 1. The van der Waals surface area contributed by atoms with E-state index in [1.165, 1.54) is 47.0 Å². The number of carbonyl (C=O) groups excluding carboxylic acids is 2. The van der Waals surface area contributed by atoms with Gasteiger partial charge in [-0.05, 0) is 62.2 Å². The molecule has 0 spiro atoms. The minimum Gasteiger partial charge on any atom is -0.378 e. The first-order valence-corrected chi connectivity index (χ1v) is 15.6. The van der Waals surface area contributed by atoms with Crippen molar-refractivity contribution in [3.8, 4) is 0 Å². The van der Waals surface area contributed by atoms with E-state index in [4.69, 9.17) is 4.74 Å². The first kappa shape index (κ1) is 28.3. The molecule has 9 nitrogen and oxygen atoms in total. The summed E-state index contributed by atoms with van der Waals surface area (Å²) in [7, 11) is -2.30. The van der Waals surface area contributed by atoms with Gasteiger partial charge in [0.15, 0.2) is 0 Å². The molecule has 1 saturated heterocycles. The molecule has 5 rings (SSSR count). The molecule has 40 heavy (non-hydrogen) atoms. The van der Waals surface area contributed by atoms with Crippen molar-refractivity contribution in [1.29, 1.82) is 0 Å². The second kappa shape index (κ2) is 11.7. The number of ether oxygens (including phenoxy) is 1. The maximum Gasteiger partial charge on any atom is 0.264 e. The van der Waals surface area contributed by atoms with Gasteiger partial charge in [0, 0.05) is 49.7 Å². The predicted octanol–water partition coefficient (Wildman–Crippen LogP) is 4.06. The van der Waals surface area contributed by atoms with Crippen molar-refractivity contribution in [2.45, 2.75) is 37.8 Å². The number of nitrogens with one attached hydrogen (secondary N) is 1. The van der Waals surface area contributed by atoms with Crippen LogP contribution in [0.3, 0.4) is 0 Å². The van der Waals surface area contributed by atoms with Crippen LogP contribution < -0.4 is 9.62 Å². The molecule has 0 radical (unpaired) electrons. The number of nitrogens with zero attached hydrogens (tertiary/aromatic N) is 3. The summed E-state index contributed by atoms with van der Waals surface area (Å²) < 4.78 is 32.9. The molecule has 0 unspecified atom stereocenters. The summed E-state index contributed by atoms with van der Waals surface area (Å²) in [5.74, 6) is -0.477. The van der Waals surface area contributed by atoms with Gasteiger partial charge in [-0.1, -0.05) is 18.2 Å². The van der Waals surface area contributed by atoms with Crippen LogP contribution in [0.1, 0.15) is 45.0 Å². The fourth-order valence-corrected chi connectivity index (χ4v) is 7.45. The topological polar surface area (TPSA) is 99.3 Å². The smallest absolute Gasteiger partial charge is 0.264 e. The summed E-state index contributed by atoms with van der Waals surface area (Å²) in [4.78, 5) is 32.3. The molecule has 0 bridgehead atoms. The Balaban J connectivity index is 1.39. The average molecular weight is 583 g/mol. The van der Waals surface area contributed by atoms with Gasteiger partial charge in [-0.25, -0.2) is 8.42 Å². The SMILES string of the molecule is CC(C)N1CCc2c(sc(NC(=O)c3ccc(S(=O)(=O)N(C)c4ccccc4)cc3)c2C(=O)N2CCOCC2)C1. The second-order valence-electron chi connectivity index (χ2n) is 10.2. The van der Waals surface area contributed by atoms with Gasteiger partial charge in [-0.3, -0.25) is 18.8 Å². The molecule has 11 heteroatoms. The van der Waals surface area contributed by atoms with E-state index < -0.39 is 15.9 Å². The van der Waals surface area contributed by atoms with Gasteiger partial charge in [-0.15, -0.1) is 11.3 Å². The van der Waals surface area contributed by atoms with E-state index in [-0.39, 0.29) is 10.8 Å². The standard InChI is InChI=1S/C29H34N4O5S2/c1-20(2)33-14-13-24-25(19-33)39-28(26(24)29(35)32-15-17-38-18-16-32)30-27(34)21-9-11-23(12-10-21)40(36,37)31(3)22-7-5-4-6-8-22/h4-12,20H,13-19H2,1-3H3,(H,30,34). The summed E-state index contributed by atoms with van der Waals surface area (Å²) in [6, 6.07) is 15.0. The first-order chi connectivity index (χ1) is 19.2. The fraction of sp³-hybridized carbons (Fsp3) is 0.379. The highest BCUT2D eigenvalue weighted by molar-refractivity contribution is 7.92. The first-order valence-electron chi connectivity index (χ1n) is 13.4. The Labute approximate surface area is 239 Å². The molecule has 0 saturated carbocycles. The van der Waals surface area contributed by atoms with E-state index in [0.29, 0.717) is 54.2 Å². The minimum atomic E-state index is -3.80. The second-order valence-corrected chi connectivity index (χ2v) is 13.3. The van der Waals surface area contributed by atoms with Crippen molar-refractivity contribution in [2.24, 2.45) is 0 Å². The number of benzene rings is 2. The molecule has 3 aromatic rings. The van der Waals surface area contributed by atoms with Crippen molar-refractivity contribution in [1.82, 2.24) is 9.80 Å². The van der Waals surface area contributed by atoms with Gasteiger partial charge in [0.05, 0.1) is 29.4 Å². The highest BCUT2D eigenvalue weighted by Crippen LogP contribution is 2.39. The van der Waals surface area contributed by atoms with Crippen molar-refractivity contribution in [3.05, 3.63) is 76.2 Å². The molecule has 2 aliphatic rings. The summed E-state index contributed by atoms with van der Waals surface area (Å²) >= 11 is 1.45. The summed E-state index contributed by atoms with van der Waals surface area (Å²) in [6.45, 7) is 7.92. The van der Waals surface area contributed by atoms with Gasteiger partial charge in [0.1, 0.15) is 5.00 Å². The zero-order chi connectivity index (χ0) is 28.4. The Morgan fingerprint density at radius 3 is 2.33 bits per heavy atom. The van der Waals surface area contributed by atoms with Crippen LogP contribution in [0.25, 0.3) is 0 Å². The van der Waals surface area contributed by atoms with Crippen molar-refractivity contribution in [2.75, 3.05) is 49.5 Å². The average Bonchev–Trinajstić information content (AvgIpc) is 3.34. The van der Waals surface area contributed by atoms with Gasteiger partial charge in [0.25, 0.3) is 21.8 Å². The van der Waals surface area contributed by atoms with Crippen LogP contribution in [0, 0.1) is 0 Å². The summed E-state index contributed by atoms with van der Waals surface area (Å²) in [6.07, 6.45) is 0.743. The zero-order valence-electron chi connectivity index (χ0n) is 22.9.